The van der Waals surface area contributed by atoms with E-state index >= 15 is 0 Å². The van der Waals surface area contributed by atoms with E-state index in [0.29, 0.717) is 6.29 Å². The van der Waals surface area contributed by atoms with E-state index in [1.54, 1.807) is 6.92 Å². The van der Waals surface area contributed by atoms with Gasteiger partial charge < -0.3 is 20.1 Å². The maximum absolute atomic E-state index is 10.3. The van der Waals surface area contributed by atoms with Crippen molar-refractivity contribution in [2.45, 2.75) is 19.3 Å². The number of phenols is 3. The van der Waals surface area contributed by atoms with Gasteiger partial charge in [-0.3, -0.25) is 0 Å². The van der Waals surface area contributed by atoms with Crippen LogP contribution in [0.2, 0.25) is 5.02 Å². The number of hydrogen-bond donors (Lipinski definition) is 3. The van der Waals surface area contributed by atoms with Crippen molar-refractivity contribution in [2.24, 2.45) is 0 Å². The predicted molar refractivity (Wildman–Crippen MR) is 55.5 cm³/mol. The molecular weight excluding hydrogens is 220 g/mol. The molecule has 0 aliphatic carbocycles. The van der Waals surface area contributed by atoms with E-state index in [1.807, 2.05) is 0 Å². The minimum atomic E-state index is -0.454. The van der Waals surface area contributed by atoms with Crippen LogP contribution in [0.3, 0.4) is 0 Å². The second-order valence-electron chi connectivity index (χ2n) is 3.29. The average Bonchev–Trinajstić information content (AvgIpc) is 2.16. The molecule has 0 saturated heterocycles. The van der Waals surface area contributed by atoms with Gasteiger partial charge in [-0.25, -0.2) is 0 Å². The topological polar surface area (TPSA) is 77.8 Å². The first-order chi connectivity index (χ1) is 6.99. The maximum Gasteiger partial charge on any atom is 0.162 e. The third kappa shape index (κ3) is 2.15. The first-order valence-electron chi connectivity index (χ1n) is 4.36. The van der Waals surface area contributed by atoms with Crippen LogP contribution in [0.5, 0.6) is 17.2 Å². The predicted octanol–water partition coefficient (Wildman–Crippen LogP) is 2.15. The molecule has 0 fully saturated rings. The number of phenolic OH excluding ortho intramolecular Hbond substituents is 3. The fourth-order valence-corrected chi connectivity index (χ4v) is 1.68. The highest BCUT2D eigenvalue weighted by Crippen LogP contribution is 2.44. The van der Waals surface area contributed by atoms with Crippen molar-refractivity contribution < 1.29 is 20.1 Å². The molecule has 4 nitrogen and oxygen atoms in total. The molecule has 1 aromatic rings. The van der Waals surface area contributed by atoms with Crippen LogP contribution in [-0.4, -0.2) is 21.6 Å². The van der Waals surface area contributed by atoms with Crippen LogP contribution in [0, 0.1) is 0 Å². The number of carbonyl (C=O) groups is 1. The van der Waals surface area contributed by atoms with Crippen LogP contribution in [0.4, 0.5) is 0 Å². The molecule has 5 heteroatoms. The summed E-state index contributed by atoms with van der Waals surface area (Å²) < 4.78 is 0. The van der Waals surface area contributed by atoms with E-state index in [-0.39, 0.29) is 28.7 Å². The number of halogens is 1. The van der Waals surface area contributed by atoms with Gasteiger partial charge in [0.25, 0.3) is 0 Å². The molecule has 0 bridgehead atoms. The molecule has 0 amide bonds. The van der Waals surface area contributed by atoms with Gasteiger partial charge in [0.15, 0.2) is 11.5 Å². The van der Waals surface area contributed by atoms with Crippen molar-refractivity contribution in [3.8, 4) is 17.2 Å². The molecule has 0 aliphatic heterocycles. The molecule has 0 heterocycles. The highest BCUT2D eigenvalue weighted by Gasteiger charge is 2.20. The van der Waals surface area contributed by atoms with E-state index in [0.717, 1.165) is 6.07 Å². The molecule has 15 heavy (non-hydrogen) atoms. The Bertz CT molecular complexity index is 363. The molecule has 0 aliphatic rings. The Morgan fingerprint density at radius 1 is 1.40 bits per heavy atom. The Morgan fingerprint density at radius 3 is 2.53 bits per heavy atom. The highest BCUT2D eigenvalue weighted by atomic mass is 35.5. The standard InChI is InChI=1S/C10H11ClO4/c1-5(2-3-12)8-9(11)6(13)4-7(14)10(8)15/h3-5,13-15H,2H2,1H3. The zero-order chi connectivity index (χ0) is 11.6. The van der Waals surface area contributed by atoms with Crippen molar-refractivity contribution >= 4 is 17.9 Å². The summed E-state index contributed by atoms with van der Waals surface area (Å²) in [6, 6.07) is 0.953. The summed E-state index contributed by atoms with van der Waals surface area (Å²) in [4.78, 5) is 10.3. The molecule has 1 atom stereocenters. The lowest BCUT2D eigenvalue weighted by atomic mass is 9.96. The number of aromatic hydroxyl groups is 3. The van der Waals surface area contributed by atoms with Crippen LogP contribution >= 0.6 is 11.6 Å². The number of aldehydes is 1. The van der Waals surface area contributed by atoms with E-state index in [1.165, 1.54) is 0 Å². The first kappa shape index (κ1) is 11.7. The lowest BCUT2D eigenvalue weighted by Crippen LogP contribution is -1.96. The lowest BCUT2D eigenvalue weighted by Gasteiger charge is -2.14. The molecule has 1 rings (SSSR count). The minimum absolute atomic E-state index is 0.0420. The second-order valence-corrected chi connectivity index (χ2v) is 3.67. The van der Waals surface area contributed by atoms with Gasteiger partial charge in [-0.05, 0) is 5.92 Å². The lowest BCUT2D eigenvalue weighted by molar-refractivity contribution is -0.108. The molecule has 0 radical (unpaired) electrons. The van der Waals surface area contributed by atoms with Gasteiger partial charge in [-0.2, -0.15) is 0 Å². The quantitative estimate of drug-likeness (QED) is 0.422. The van der Waals surface area contributed by atoms with Crippen LogP contribution in [0.25, 0.3) is 0 Å². The summed E-state index contributed by atoms with van der Waals surface area (Å²) in [5.74, 6) is -1.54. The zero-order valence-electron chi connectivity index (χ0n) is 8.07. The van der Waals surface area contributed by atoms with Crippen molar-refractivity contribution in [1.82, 2.24) is 0 Å². The van der Waals surface area contributed by atoms with Gasteiger partial charge in [-0.1, -0.05) is 18.5 Å². The highest BCUT2D eigenvalue weighted by molar-refractivity contribution is 6.33. The molecular formula is C10H11ClO4. The van der Waals surface area contributed by atoms with E-state index < -0.39 is 11.5 Å². The van der Waals surface area contributed by atoms with Crippen molar-refractivity contribution in [2.75, 3.05) is 0 Å². The number of carbonyl (C=O) groups excluding carboxylic acids is 1. The largest absolute Gasteiger partial charge is 0.506 e. The zero-order valence-corrected chi connectivity index (χ0v) is 8.82. The van der Waals surface area contributed by atoms with Gasteiger partial charge in [0.1, 0.15) is 12.0 Å². The summed E-state index contributed by atoms with van der Waals surface area (Å²) in [7, 11) is 0. The summed E-state index contributed by atoms with van der Waals surface area (Å²) in [5, 5.41) is 28.1. The minimum Gasteiger partial charge on any atom is -0.506 e. The van der Waals surface area contributed by atoms with Gasteiger partial charge >= 0.3 is 0 Å². The summed E-state index contributed by atoms with van der Waals surface area (Å²) in [6.45, 7) is 1.66. The van der Waals surface area contributed by atoms with E-state index in [9.17, 15) is 20.1 Å². The van der Waals surface area contributed by atoms with Gasteiger partial charge in [0.2, 0.25) is 0 Å². The normalized spacial score (nSPS) is 12.4. The molecule has 0 saturated carbocycles. The van der Waals surface area contributed by atoms with E-state index in [4.69, 9.17) is 11.6 Å². The number of hydrogen-bond acceptors (Lipinski definition) is 4. The Kier molecular flexibility index (Phi) is 3.42. The summed E-state index contributed by atoms with van der Waals surface area (Å²) in [6.07, 6.45) is 0.831. The number of rotatable bonds is 3. The second kappa shape index (κ2) is 4.40. The third-order valence-electron chi connectivity index (χ3n) is 2.18. The van der Waals surface area contributed by atoms with Gasteiger partial charge in [0.05, 0.1) is 5.02 Å². The summed E-state index contributed by atoms with van der Waals surface area (Å²) in [5.41, 5.74) is 0.182. The Morgan fingerprint density at radius 2 is 2.00 bits per heavy atom. The van der Waals surface area contributed by atoms with Crippen LogP contribution in [0.1, 0.15) is 24.8 Å². The smallest absolute Gasteiger partial charge is 0.162 e. The van der Waals surface area contributed by atoms with Crippen molar-refractivity contribution in [3.63, 3.8) is 0 Å². The third-order valence-corrected chi connectivity index (χ3v) is 2.57. The fourth-order valence-electron chi connectivity index (χ4n) is 1.35. The average molecular weight is 231 g/mol. The van der Waals surface area contributed by atoms with Gasteiger partial charge in [0, 0.05) is 18.1 Å². The summed E-state index contributed by atoms with van der Waals surface area (Å²) >= 11 is 5.76. The Labute approximate surface area is 91.7 Å². The van der Waals surface area contributed by atoms with Crippen LogP contribution in [0.15, 0.2) is 6.07 Å². The monoisotopic (exact) mass is 230 g/mol. The van der Waals surface area contributed by atoms with Gasteiger partial charge in [-0.15, -0.1) is 0 Å². The molecule has 3 N–H and O–H groups in total. The molecule has 1 unspecified atom stereocenters. The maximum atomic E-state index is 10.3. The Balaban J connectivity index is 3.31. The molecule has 0 spiro atoms. The SMILES string of the molecule is CC(CC=O)c1c(O)c(O)cc(O)c1Cl. The van der Waals surface area contributed by atoms with Crippen LogP contribution < -0.4 is 0 Å². The first-order valence-corrected chi connectivity index (χ1v) is 4.73. The van der Waals surface area contributed by atoms with Crippen molar-refractivity contribution in [3.05, 3.63) is 16.7 Å². The molecule has 1 aromatic carbocycles. The Hall–Kier alpha value is -1.42. The van der Waals surface area contributed by atoms with E-state index in [2.05, 4.69) is 0 Å². The van der Waals surface area contributed by atoms with Crippen molar-refractivity contribution in [1.29, 1.82) is 0 Å². The fraction of sp³-hybridized carbons (Fsp3) is 0.300. The molecule has 0 aromatic heterocycles. The number of benzene rings is 1. The van der Waals surface area contributed by atoms with Crippen LogP contribution in [-0.2, 0) is 4.79 Å². The molecule has 82 valence electrons.